The van der Waals surface area contributed by atoms with E-state index in [0.717, 1.165) is 83.9 Å². The van der Waals surface area contributed by atoms with E-state index in [4.69, 9.17) is 4.52 Å². The van der Waals surface area contributed by atoms with Crippen molar-refractivity contribution >= 4 is 16.9 Å². The van der Waals surface area contributed by atoms with E-state index in [1.807, 2.05) is 12.5 Å². The molecule has 2 aromatic heterocycles. The summed E-state index contributed by atoms with van der Waals surface area (Å²) in [5, 5.41) is 4.52. The second-order valence-electron chi connectivity index (χ2n) is 11.1. The maximum absolute atomic E-state index is 13.6. The number of carbonyl (C=O) groups excluding carboxylic acids is 1. The number of hydrogen-bond acceptors (Lipinski definition) is 5. The molecule has 0 spiro atoms. The van der Waals surface area contributed by atoms with Crippen molar-refractivity contribution in [1.82, 2.24) is 24.5 Å². The number of nitrogens with zero attached hydrogens (tertiary/aromatic N) is 5. The van der Waals surface area contributed by atoms with Gasteiger partial charge in [-0.1, -0.05) is 11.2 Å². The van der Waals surface area contributed by atoms with Gasteiger partial charge in [0.25, 0.3) is 0 Å². The van der Waals surface area contributed by atoms with E-state index < -0.39 is 11.7 Å². The number of fused-ring (bicyclic) bond motifs is 1. The van der Waals surface area contributed by atoms with E-state index in [1.54, 1.807) is 12.3 Å². The van der Waals surface area contributed by atoms with Crippen LogP contribution in [0.15, 0.2) is 41.4 Å². The van der Waals surface area contributed by atoms with Crippen molar-refractivity contribution < 1.29 is 22.5 Å². The molecule has 1 atom stereocenters. The molecule has 6 rings (SSSR count). The van der Waals surface area contributed by atoms with Gasteiger partial charge in [0.2, 0.25) is 5.91 Å². The van der Waals surface area contributed by atoms with Crippen LogP contribution in [-0.4, -0.2) is 63.1 Å². The molecule has 0 N–H and O–H groups in total. The van der Waals surface area contributed by atoms with Crippen LogP contribution in [0.25, 0.3) is 11.0 Å². The van der Waals surface area contributed by atoms with E-state index in [9.17, 15) is 18.0 Å². The maximum Gasteiger partial charge on any atom is 0.420 e. The van der Waals surface area contributed by atoms with E-state index in [0.29, 0.717) is 22.9 Å². The van der Waals surface area contributed by atoms with E-state index in [2.05, 4.69) is 24.5 Å². The summed E-state index contributed by atoms with van der Waals surface area (Å²) >= 11 is 0. The minimum atomic E-state index is -4.47. The molecule has 37 heavy (non-hydrogen) atoms. The number of hydrogen-bond donors (Lipinski definition) is 0. The number of likely N-dealkylation sites (tertiary alicyclic amines) is 2. The molecule has 2 saturated heterocycles. The highest BCUT2D eigenvalue weighted by Gasteiger charge is 2.53. The van der Waals surface area contributed by atoms with E-state index in [-0.39, 0.29) is 16.9 Å². The SMILES string of the molecule is O=C(N1CCC[C@@H](Cn2ccnc2)C1)C1(CN2CCC(c3noc4c(C(F)(F)F)cccc34)CC2)CC1. The molecule has 7 nitrogen and oxygen atoms in total. The predicted molar refractivity (Wildman–Crippen MR) is 131 cm³/mol. The molecule has 1 aromatic carbocycles. The van der Waals surface area contributed by atoms with Gasteiger partial charge >= 0.3 is 6.18 Å². The summed E-state index contributed by atoms with van der Waals surface area (Å²) in [7, 11) is 0. The first-order valence-corrected chi connectivity index (χ1v) is 13.3. The summed E-state index contributed by atoms with van der Waals surface area (Å²) in [5.74, 6) is 0.804. The van der Waals surface area contributed by atoms with Crippen LogP contribution >= 0.6 is 0 Å². The van der Waals surface area contributed by atoms with Gasteiger partial charge in [-0.3, -0.25) is 4.79 Å². The van der Waals surface area contributed by atoms with Crippen molar-refractivity contribution in [2.24, 2.45) is 11.3 Å². The fourth-order valence-corrected chi connectivity index (χ4v) is 6.31. The van der Waals surface area contributed by atoms with E-state index in [1.165, 1.54) is 6.07 Å². The minimum absolute atomic E-state index is 0.0536. The molecule has 198 valence electrons. The second-order valence-corrected chi connectivity index (χ2v) is 11.1. The molecule has 2 aliphatic heterocycles. The van der Waals surface area contributed by atoms with Crippen molar-refractivity contribution in [2.75, 3.05) is 32.7 Å². The van der Waals surface area contributed by atoms with Crippen LogP contribution in [0.4, 0.5) is 13.2 Å². The van der Waals surface area contributed by atoms with Gasteiger partial charge in [0.1, 0.15) is 5.56 Å². The number of aromatic nitrogens is 3. The first-order chi connectivity index (χ1) is 17.8. The molecule has 3 aliphatic rings. The lowest BCUT2D eigenvalue weighted by Gasteiger charge is -2.38. The largest absolute Gasteiger partial charge is 0.420 e. The third-order valence-corrected chi connectivity index (χ3v) is 8.47. The first-order valence-electron chi connectivity index (χ1n) is 13.3. The molecular weight excluding hydrogens is 483 g/mol. The average molecular weight is 516 g/mol. The molecule has 0 unspecified atom stereocenters. The Balaban J connectivity index is 1.06. The molecule has 1 amide bonds. The summed E-state index contributed by atoms with van der Waals surface area (Å²) in [5.41, 5.74) is -0.607. The number of alkyl halides is 3. The Morgan fingerprint density at radius 2 is 1.95 bits per heavy atom. The van der Waals surface area contributed by atoms with Gasteiger partial charge in [-0.15, -0.1) is 0 Å². The average Bonchev–Trinajstić information content (AvgIpc) is 3.27. The quantitative estimate of drug-likeness (QED) is 0.465. The number of rotatable bonds is 6. The molecule has 3 aromatic rings. The van der Waals surface area contributed by atoms with Gasteiger partial charge in [0, 0.05) is 49.9 Å². The molecule has 1 aliphatic carbocycles. The molecule has 4 heterocycles. The Kier molecular flexibility index (Phi) is 6.25. The van der Waals surface area contributed by atoms with Crippen LogP contribution in [0.2, 0.25) is 0 Å². The van der Waals surface area contributed by atoms with E-state index >= 15 is 0 Å². The van der Waals surface area contributed by atoms with Crippen LogP contribution in [0, 0.1) is 11.3 Å². The number of imidazole rings is 1. The zero-order valence-corrected chi connectivity index (χ0v) is 20.8. The first kappa shape index (κ1) is 24.5. The van der Waals surface area contributed by atoms with Crippen molar-refractivity contribution in [3.8, 4) is 0 Å². The summed E-state index contributed by atoms with van der Waals surface area (Å²) in [6.45, 7) is 4.90. The van der Waals surface area contributed by atoms with Crippen LogP contribution in [0.1, 0.15) is 55.7 Å². The smallest absolute Gasteiger partial charge is 0.355 e. The van der Waals surface area contributed by atoms with Gasteiger partial charge in [-0.2, -0.15) is 13.2 Å². The normalized spacial score (nSPS) is 23.0. The van der Waals surface area contributed by atoms with Crippen LogP contribution < -0.4 is 0 Å². The monoisotopic (exact) mass is 515 g/mol. The third-order valence-electron chi connectivity index (χ3n) is 8.47. The Bertz CT molecular complexity index is 1240. The van der Waals surface area contributed by atoms with Gasteiger partial charge in [0.05, 0.1) is 17.4 Å². The number of benzene rings is 1. The third kappa shape index (κ3) is 4.87. The van der Waals surface area contributed by atoms with Gasteiger partial charge in [-0.05, 0) is 69.7 Å². The number of amides is 1. The second kappa shape index (κ2) is 9.45. The van der Waals surface area contributed by atoms with Crippen LogP contribution in [0.3, 0.4) is 0 Å². The summed E-state index contributed by atoms with van der Waals surface area (Å²) in [6.07, 6.45) is 6.74. The highest BCUT2D eigenvalue weighted by Crippen LogP contribution is 2.49. The number of carbonyl (C=O) groups is 1. The van der Waals surface area contributed by atoms with Crippen molar-refractivity contribution in [1.29, 1.82) is 0 Å². The molecular formula is C27H32F3N5O2. The molecule has 3 fully saturated rings. The lowest BCUT2D eigenvalue weighted by Crippen LogP contribution is -2.48. The molecule has 0 radical (unpaired) electrons. The Labute approximate surface area is 213 Å². The maximum atomic E-state index is 13.6. The predicted octanol–water partition coefficient (Wildman–Crippen LogP) is 4.94. The summed E-state index contributed by atoms with van der Waals surface area (Å²) in [4.78, 5) is 22.2. The standard InChI is InChI=1S/C27H32F3N5O2/c28-27(29,30)22-5-1-4-21-23(32-37-24(21)22)20-6-12-33(13-7-20)17-26(8-9-26)25(36)35-11-2-3-19(16-35)15-34-14-10-31-18-34/h1,4-5,10,14,18-20H,2-3,6-9,11-13,15-17H2/t19-/m0/s1. The Morgan fingerprint density at radius 1 is 1.14 bits per heavy atom. The number of halogens is 3. The lowest BCUT2D eigenvalue weighted by atomic mass is 9.90. The lowest BCUT2D eigenvalue weighted by molar-refractivity contribution is -0.140. The minimum Gasteiger partial charge on any atom is -0.355 e. The topological polar surface area (TPSA) is 67.4 Å². The summed E-state index contributed by atoms with van der Waals surface area (Å²) in [6, 6.07) is 4.12. The highest BCUT2D eigenvalue weighted by molar-refractivity contribution is 5.86. The van der Waals surface area contributed by atoms with Crippen LogP contribution in [-0.2, 0) is 17.5 Å². The zero-order chi connectivity index (χ0) is 25.6. The highest BCUT2D eigenvalue weighted by atomic mass is 19.4. The van der Waals surface area contributed by atoms with Crippen LogP contribution in [0.5, 0.6) is 0 Å². The van der Waals surface area contributed by atoms with Gasteiger partial charge in [0.15, 0.2) is 5.58 Å². The van der Waals surface area contributed by atoms with Gasteiger partial charge in [-0.25, -0.2) is 4.98 Å². The Hall–Kier alpha value is -2.88. The molecule has 10 heteroatoms. The van der Waals surface area contributed by atoms with Crippen molar-refractivity contribution in [2.45, 2.75) is 57.2 Å². The Morgan fingerprint density at radius 3 is 2.65 bits per heavy atom. The summed E-state index contributed by atoms with van der Waals surface area (Å²) < 4.78 is 47.4. The molecule has 1 saturated carbocycles. The fourth-order valence-electron chi connectivity index (χ4n) is 6.31. The van der Waals surface area contributed by atoms with Crippen molar-refractivity contribution in [3.05, 3.63) is 48.2 Å². The number of para-hydroxylation sites is 1. The number of piperidine rings is 2. The van der Waals surface area contributed by atoms with Crippen molar-refractivity contribution in [3.63, 3.8) is 0 Å². The van der Waals surface area contributed by atoms with Gasteiger partial charge < -0.3 is 18.9 Å². The molecule has 0 bridgehead atoms. The zero-order valence-electron chi connectivity index (χ0n) is 20.8. The fraction of sp³-hybridized carbons (Fsp3) is 0.593.